The number of aliphatic hydroxyl groups is 1. The van der Waals surface area contributed by atoms with Gasteiger partial charge in [0.15, 0.2) is 4.67 Å². The Morgan fingerprint density at radius 3 is 2.00 bits per heavy atom. The van der Waals surface area contributed by atoms with E-state index in [4.69, 9.17) is 5.11 Å². The molecule has 1 nitrogen and oxygen atoms in total. The quantitative estimate of drug-likeness (QED) is 0.478. The van der Waals surface area contributed by atoms with Crippen molar-refractivity contribution in [3.63, 3.8) is 0 Å². The summed E-state index contributed by atoms with van der Waals surface area (Å²) in [5.41, 5.74) is 0. The highest BCUT2D eigenvalue weighted by molar-refractivity contribution is 9.11. The molecule has 0 atom stereocenters. The first-order valence-electron chi connectivity index (χ1n) is 0.701. The van der Waals surface area contributed by atoms with Gasteiger partial charge in [0, 0.05) is 0 Å². The van der Waals surface area contributed by atoms with Gasteiger partial charge in [-0.05, 0) is 22.5 Å². The Morgan fingerprint density at radius 1 is 2.00 bits per heavy atom. The lowest BCUT2D eigenvalue weighted by molar-refractivity contribution is 0.461. The Kier molecular flexibility index (Phi) is 1.36. The van der Waals surface area contributed by atoms with Gasteiger partial charge in [-0.1, -0.05) is 0 Å². The van der Waals surface area contributed by atoms with Gasteiger partial charge in [-0.25, -0.2) is 0 Å². The molecule has 0 aliphatic carbocycles. The van der Waals surface area contributed by atoms with Crippen LogP contribution in [0.5, 0.6) is 0 Å². The van der Waals surface area contributed by atoms with E-state index < -0.39 is 0 Å². The van der Waals surface area contributed by atoms with Crippen molar-refractivity contribution >= 4 is 15.9 Å². The number of aliphatic hydroxyl groups excluding tert-OH is 1. The van der Waals surface area contributed by atoms with Crippen molar-refractivity contribution in [1.29, 1.82) is 0 Å². The SMILES string of the molecule is [CH]=C(O)Br. The fraction of sp³-hybridized carbons (Fsp3) is 0. The molecule has 1 N–H and O–H groups in total. The molecule has 0 heterocycles. The lowest BCUT2D eigenvalue weighted by atomic mass is 11.2. The first-order valence-corrected chi connectivity index (χ1v) is 1.49. The predicted molar refractivity (Wildman–Crippen MR) is 19.4 cm³/mol. The van der Waals surface area contributed by atoms with Crippen molar-refractivity contribution in [2.75, 3.05) is 0 Å². The van der Waals surface area contributed by atoms with Crippen molar-refractivity contribution < 1.29 is 5.11 Å². The fourth-order valence-corrected chi connectivity index (χ4v) is 0. The second-order valence-corrected chi connectivity index (χ2v) is 1.14. The van der Waals surface area contributed by atoms with Crippen LogP contribution >= 0.6 is 15.9 Å². The second kappa shape index (κ2) is 1.35. The molecule has 0 bridgehead atoms. The summed E-state index contributed by atoms with van der Waals surface area (Å²) in [6.45, 7) is 4.50. The van der Waals surface area contributed by atoms with Crippen LogP contribution < -0.4 is 0 Å². The van der Waals surface area contributed by atoms with Crippen molar-refractivity contribution in [2.45, 2.75) is 0 Å². The normalized spacial score (nSPS) is 6.25. The van der Waals surface area contributed by atoms with Crippen LogP contribution in [0.2, 0.25) is 0 Å². The average molecular weight is 122 g/mol. The maximum Gasteiger partial charge on any atom is 0.159 e. The van der Waals surface area contributed by atoms with Crippen molar-refractivity contribution in [1.82, 2.24) is 0 Å². The fourth-order valence-electron chi connectivity index (χ4n) is 0. The number of rotatable bonds is 0. The summed E-state index contributed by atoms with van der Waals surface area (Å²) in [4.78, 5) is 0. The second-order valence-electron chi connectivity index (χ2n) is 0.323. The molecule has 0 fully saturated rings. The molecule has 0 amide bonds. The van der Waals surface area contributed by atoms with E-state index in [-0.39, 0.29) is 4.67 Å². The van der Waals surface area contributed by atoms with Crippen LogP contribution in [0.15, 0.2) is 4.67 Å². The first-order chi connectivity index (χ1) is 1.73. The van der Waals surface area contributed by atoms with Crippen LogP contribution in [-0.4, -0.2) is 5.11 Å². The molecule has 0 unspecified atom stereocenters. The Hall–Kier alpha value is 0.0200. The Bertz CT molecular complexity index is 29.0. The zero-order chi connectivity index (χ0) is 3.58. The Morgan fingerprint density at radius 2 is 2.00 bits per heavy atom. The summed E-state index contributed by atoms with van der Waals surface area (Å²) in [5, 5.41) is 7.67. The molecule has 0 aromatic carbocycles. The van der Waals surface area contributed by atoms with Gasteiger partial charge in [-0.15, -0.1) is 0 Å². The van der Waals surface area contributed by atoms with Crippen LogP contribution in [0.25, 0.3) is 0 Å². The molecule has 0 aromatic rings. The lowest BCUT2D eigenvalue weighted by Gasteiger charge is -1.64. The molecule has 4 heavy (non-hydrogen) atoms. The highest BCUT2D eigenvalue weighted by Gasteiger charge is 1.58. The highest BCUT2D eigenvalue weighted by Crippen LogP contribution is 1.87. The molecular formula is C2H2BrO. The van der Waals surface area contributed by atoms with Gasteiger partial charge in [-0.3, -0.25) is 0 Å². The van der Waals surface area contributed by atoms with Crippen LogP contribution in [0.4, 0.5) is 0 Å². The highest BCUT2D eigenvalue weighted by atomic mass is 79.9. The molecule has 0 aliphatic rings. The van der Waals surface area contributed by atoms with Crippen molar-refractivity contribution in [3.05, 3.63) is 11.2 Å². The van der Waals surface area contributed by atoms with Crippen LogP contribution in [0.3, 0.4) is 0 Å². The number of hydrogen-bond acceptors (Lipinski definition) is 1. The van der Waals surface area contributed by atoms with Crippen molar-refractivity contribution in [3.8, 4) is 0 Å². The standard InChI is InChI=1S/C2H2BrO/c1-2(3)4/h1,4H. The van der Waals surface area contributed by atoms with Crippen LogP contribution in [0.1, 0.15) is 0 Å². The van der Waals surface area contributed by atoms with E-state index in [2.05, 4.69) is 22.5 Å². The summed E-state index contributed by atoms with van der Waals surface area (Å²) < 4.78 is -0.271. The van der Waals surface area contributed by atoms with E-state index in [0.29, 0.717) is 0 Å². The first kappa shape index (κ1) is 4.02. The average Bonchev–Trinajstić information content (AvgIpc) is 0.811. The molecule has 0 spiro atoms. The third-order valence-electron chi connectivity index (χ3n) is 0. The molecule has 0 saturated heterocycles. The maximum absolute atomic E-state index is 7.67. The van der Waals surface area contributed by atoms with Gasteiger partial charge < -0.3 is 5.11 Å². The van der Waals surface area contributed by atoms with Gasteiger partial charge >= 0.3 is 0 Å². The minimum atomic E-state index is -0.271. The third kappa shape index (κ3) is 5250. The van der Waals surface area contributed by atoms with Gasteiger partial charge in [0.25, 0.3) is 0 Å². The minimum absolute atomic E-state index is 0.271. The third-order valence-corrected chi connectivity index (χ3v) is 0. The van der Waals surface area contributed by atoms with E-state index in [9.17, 15) is 0 Å². The van der Waals surface area contributed by atoms with E-state index in [0.717, 1.165) is 0 Å². The topological polar surface area (TPSA) is 20.2 Å². The van der Waals surface area contributed by atoms with Gasteiger partial charge in [0.1, 0.15) is 0 Å². The van der Waals surface area contributed by atoms with Crippen LogP contribution in [-0.2, 0) is 0 Å². The maximum atomic E-state index is 7.67. The van der Waals surface area contributed by atoms with Gasteiger partial charge in [0.05, 0.1) is 0 Å². The zero-order valence-electron chi connectivity index (χ0n) is 1.90. The summed E-state index contributed by atoms with van der Waals surface area (Å²) in [6, 6.07) is 0. The van der Waals surface area contributed by atoms with E-state index >= 15 is 0 Å². The summed E-state index contributed by atoms with van der Waals surface area (Å²) >= 11 is 2.52. The van der Waals surface area contributed by atoms with E-state index in [1.165, 1.54) is 0 Å². The molecule has 0 rings (SSSR count). The van der Waals surface area contributed by atoms with E-state index in [1.807, 2.05) is 0 Å². The monoisotopic (exact) mass is 121 g/mol. The van der Waals surface area contributed by atoms with Gasteiger partial charge in [0.2, 0.25) is 0 Å². The molecule has 2 heteroatoms. The molecular weight excluding hydrogens is 120 g/mol. The summed E-state index contributed by atoms with van der Waals surface area (Å²) in [5.74, 6) is 0. The van der Waals surface area contributed by atoms with Crippen molar-refractivity contribution in [2.24, 2.45) is 0 Å². The Labute approximate surface area is 33.1 Å². The predicted octanol–water partition coefficient (Wildman–Crippen LogP) is 1.21. The number of hydrogen-bond donors (Lipinski definition) is 1. The van der Waals surface area contributed by atoms with Gasteiger partial charge in [-0.2, -0.15) is 0 Å². The molecule has 0 aromatic heterocycles. The summed E-state index contributed by atoms with van der Waals surface area (Å²) in [6.07, 6.45) is 0. The largest absolute Gasteiger partial charge is 0.502 e. The number of halogens is 1. The molecule has 0 saturated carbocycles. The zero-order valence-corrected chi connectivity index (χ0v) is 3.49. The lowest BCUT2D eigenvalue weighted by Crippen LogP contribution is -1.46. The minimum Gasteiger partial charge on any atom is -0.502 e. The molecule has 1 radical (unpaired) electrons. The molecule has 23 valence electrons. The smallest absolute Gasteiger partial charge is 0.159 e. The molecule has 0 aliphatic heterocycles. The summed E-state index contributed by atoms with van der Waals surface area (Å²) in [7, 11) is 0. The Balaban J connectivity index is 2.80. The van der Waals surface area contributed by atoms with Crippen LogP contribution in [0, 0.1) is 6.58 Å². The van der Waals surface area contributed by atoms with E-state index in [1.54, 1.807) is 0 Å².